The van der Waals surface area contributed by atoms with Crippen LogP contribution in [-0.2, 0) is 6.42 Å². The van der Waals surface area contributed by atoms with Gasteiger partial charge in [-0.05, 0) is 37.0 Å². The van der Waals surface area contributed by atoms with Gasteiger partial charge in [-0.1, -0.05) is 12.1 Å². The maximum atomic E-state index is 12.1. The number of ether oxygens (including phenoxy) is 1. The normalized spacial score (nSPS) is 18.3. The first-order valence-corrected chi connectivity index (χ1v) is 6.88. The molecule has 0 spiro atoms. The molecular formula is C15H22N2O3. The van der Waals surface area contributed by atoms with Gasteiger partial charge in [-0.2, -0.15) is 0 Å². The standard InChI is InChI=1S/C15H22N2O3/c1-10(18)9-17(2)15(19)16-13-8-7-12-11(13)5-4-6-14(12)20-3/h4-6,10,13,18H,7-9H2,1-3H3,(H,16,19). The van der Waals surface area contributed by atoms with Crippen molar-refractivity contribution in [2.45, 2.75) is 31.9 Å². The molecule has 0 saturated carbocycles. The first kappa shape index (κ1) is 14.7. The van der Waals surface area contributed by atoms with Crippen LogP contribution in [0.2, 0.25) is 0 Å². The van der Waals surface area contributed by atoms with Crippen molar-refractivity contribution in [3.8, 4) is 5.75 Å². The van der Waals surface area contributed by atoms with Gasteiger partial charge in [0, 0.05) is 13.6 Å². The molecule has 0 aromatic heterocycles. The van der Waals surface area contributed by atoms with Crippen LogP contribution in [-0.4, -0.2) is 42.8 Å². The number of amides is 2. The van der Waals surface area contributed by atoms with Crippen LogP contribution in [0.25, 0.3) is 0 Å². The number of urea groups is 1. The predicted octanol–water partition coefficient (Wildman–Crippen LogP) is 1.70. The highest BCUT2D eigenvalue weighted by Gasteiger charge is 2.27. The van der Waals surface area contributed by atoms with Crippen molar-refractivity contribution in [2.24, 2.45) is 0 Å². The van der Waals surface area contributed by atoms with E-state index in [0.29, 0.717) is 6.54 Å². The van der Waals surface area contributed by atoms with Crippen LogP contribution in [0, 0.1) is 0 Å². The summed E-state index contributed by atoms with van der Waals surface area (Å²) in [4.78, 5) is 13.6. The molecule has 2 amide bonds. The Labute approximate surface area is 119 Å². The Kier molecular flexibility index (Phi) is 4.49. The molecule has 0 aliphatic heterocycles. The van der Waals surface area contributed by atoms with Gasteiger partial charge in [0.2, 0.25) is 0 Å². The number of carbonyl (C=O) groups excluding carboxylic acids is 1. The minimum absolute atomic E-state index is 0.0176. The van der Waals surface area contributed by atoms with E-state index in [1.54, 1.807) is 21.1 Å². The zero-order valence-corrected chi connectivity index (χ0v) is 12.2. The number of nitrogens with one attached hydrogen (secondary N) is 1. The molecule has 0 bridgehead atoms. The van der Waals surface area contributed by atoms with Gasteiger partial charge in [-0.15, -0.1) is 0 Å². The number of likely N-dealkylation sites (N-methyl/N-ethyl adjacent to an activating group) is 1. The van der Waals surface area contributed by atoms with Crippen LogP contribution >= 0.6 is 0 Å². The minimum Gasteiger partial charge on any atom is -0.496 e. The van der Waals surface area contributed by atoms with E-state index < -0.39 is 6.10 Å². The Morgan fingerprint density at radius 1 is 1.60 bits per heavy atom. The number of nitrogens with zero attached hydrogens (tertiary/aromatic N) is 1. The molecule has 20 heavy (non-hydrogen) atoms. The number of aliphatic hydroxyl groups excluding tert-OH is 1. The third-order valence-electron chi connectivity index (χ3n) is 3.63. The van der Waals surface area contributed by atoms with Crippen molar-refractivity contribution < 1.29 is 14.6 Å². The van der Waals surface area contributed by atoms with Crippen molar-refractivity contribution in [1.29, 1.82) is 0 Å². The summed E-state index contributed by atoms with van der Waals surface area (Å²) < 4.78 is 5.35. The smallest absolute Gasteiger partial charge is 0.317 e. The summed E-state index contributed by atoms with van der Waals surface area (Å²) in [5.74, 6) is 0.886. The second-order valence-corrected chi connectivity index (χ2v) is 5.30. The van der Waals surface area contributed by atoms with Gasteiger partial charge in [0.1, 0.15) is 5.75 Å². The van der Waals surface area contributed by atoms with Gasteiger partial charge in [-0.3, -0.25) is 0 Å². The molecule has 2 atom stereocenters. The molecule has 5 nitrogen and oxygen atoms in total. The van der Waals surface area contributed by atoms with Gasteiger partial charge in [0.25, 0.3) is 0 Å². The summed E-state index contributed by atoms with van der Waals surface area (Å²) >= 11 is 0. The summed E-state index contributed by atoms with van der Waals surface area (Å²) in [6.45, 7) is 1.99. The maximum Gasteiger partial charge on any atom is 0.317 e. The van der Waals surface area contributed by atoms with Gasteiger partial charge in [0.05, 0.1) is 19.3 Å². The Bertz CT molecular complexity index is 488. The molecule has 0 heterocycles. The zero-order chi connectivity index (χ0) is 14.7. The number of methoxy groups -OCH3 is 1. The van der Waals surface area contributed by atoms with E-state index >= 15 is 0 Å². The molecule has 5 heteroatoms. The summed E-state index contributed by atoms with van der Waals surface area (Å²) in [5, 5.41) is 12.3. The average molecular weight is 278 g/mol. The van der Waals surface area contributed by atoms with Crippen LogP contribution in [0.1, 0.15) is 30.5 Å². The number of benzene rings is 1. The predicted molar refractivity (Wildman–Crippen MR) is 76.9 cm³/mol. The number of hydrogen-bond acceptors (Lipinski definition) is 3. The number of carbonyl (C=O) groups is 1. The Morgan fingerprint density at radius 2 is 2.35 bits per heavy atom. The largest absolute Gasteiger partial charge is 0.496 e. The molecule has 1 aromatic rings. The summed E-state index contributed by atoms with van der Waals surface area (Å²) in [5.41, 5.74) is 2.31. The third kappa shape index (κ3) is 3.04. The second kappa shape index (κ2) is 6.13. The number of hydrogen-bond donors (Lipinski definition) is 2. The highest BCUT2D eigenvalue weighted by molar-refractivity contribution is 5.74. The lowest BCUT2D eigenvalue weighted by Crippen LogP contribution is -2.41. The minimum atomic E-state index is -0.526. The summed E-state index contributed by atoms with van der Waals surface area (Å²) in [6, 6.07) is 5.78. The zero-order valence-electron chi connectivity index (χ0n) is 12.2. The van der Waals surface area contributed by atoms with Gasteiger partial charge >= 0.3 is 6.03 Å². The van der Waals surface area contributed by atoms with Gasteiger partial charge in [-0.25, -0.2) is 4.79 Å². The fraction of sp³-hybridized carbons (Fsp3) is 0.533. The molecule has 110 valence electrons. The van der Waals surface area contributed by atoms with E-state index in [1.165, 1.54) is 10.5 Å². The molecule has 1 aliphatic rings. The average Bonchev–Trinajstić information content (AvgIpc) is 2.81. The molecule has 0 fully saturated rings. The van der Waals surface area contributed by atoms with Crippen molar-refractivity contribution in [2.75, 3.05) is 20.7 Å². The lowest BCUT2D eigenvalue weighted by atomic mass is 10.1. The summed E-state index contributed by atoms with van der Waals surface area (Å²) in [7, 11) is 3.35. The first-order chi connectivity index (χ1) is 9.52. The lowest BCUT2D eigenvalue weighted by molar-refractivity contribution is 0.142. The van der Waals surface area contributed by atoms with E-state index in [1.807, 2.05) is 18.2 Å². The second-order valence-electron chi connectivity index (χ2n) is 5.30. The van der Waals surface area contributed by atoms with E-state index in [9.17, 15) is 9.90 Å². The topological polar surface area (TPSA) is 61.8 Å². The fourth-order valence-electron chi connectivity index (χ4n) is 2.70. The monoisotopic (exact) mass is 278 g/mol. The molecule has 2 unspecified atom stereocenters. The van der Waals surface area contributed by atoms with Crippen molar-refractivity contribution in [3.63, 3.8) is 0 Å². The first-order valence-electron chi connectivity index (χ1n) is 6.88. The van der Waals surface area contributed by atoms with Crippen LogP contribution < -0.4 is 10.1 Å². The highest BCUT2D eigenvalue weighted by atomic mass is 16.5. The third-order valence-corrected chi connectivity index (χ3v) is 3.63. The number of fused-ring (bicyclic) bond motifs is 1. The van der Waals surface area contributed by atoms with Gasteiger partial charge in [0.15, 0.2) is 0 Å². The number of aliphatic hydroxyl groups is 1. The number of rotatable bonds is 4. The van der Waals surface area contributed by atoms with E-state index in [4.69, 9.17) is 4.74 Å². The molecule has 0 radical (unpaired) electrons. The molecular weight excluding hydrogens is 256 g/mol. The quantitative estimate of drug-likeness (QED) is 0.881. The van der Waals surface area contributed by atoms with E-state index in [2.05, 4.69) is 5.32 Å². The van der Waals surface area contributed by atoms with Crippen molar-refractivity contribution in [1.82, 2.24) is 10.2 Å². The van der Waals surface area contributed by atoms with Crippen LogP contribution in [0.5, 0.6) is 5.75 Å². The highest BCUT2D eigenvalue weighted by Crippen LogP contribution is 2.36. The Balaban J connectivity index is 2.06. The van der Waals surface area contributed by atoms with Crippen molar-refractivity contribution >= 4 is 6.03 Å². The molecule has 0 saturated heterocycles. The Morgan fingerprint density at radius 3 is 3.00 bits per heavy atom. The van der Waals surface area contributed by atoms with Gasteiger partial charge < -0.3 is 20.1 Å². The maximum absolute atomic E-state index is 12.1. The summed E-state index contributed by atoms with van der Waals surface area (Å²) in [6.07, 6.45) is 1.26. The van der Waals surface area contributed by atoms with Crippen LogP contribution in [0.15, 0.2) is 18.2 Å². The molecule has 2 N–H and O–H groups in total. The van der Waals surface area contributed by atoms with Crippen LogP contribution in [0.4, 0.5) is 4.79 Å². The van der Waals surface area contributed by atoms with Crippen LogP contribution in [0.3, 0.4) is 0 Å². The van der Waals surface area contributed by atoms with E-state index in [-0.39, 0.29) is 12.1 Å². The Hall–Kier alpha value is -1.75. The molecule has 1 aliphatic carbocycles. The van der Waals surface area contributed by atoms with E-state index in [0.717, 1.165) is 24.2 Å². The van der Waals surface area contributed by atoms with Crippen molar-refractivity contribution in [3.05, 3.63) is 29.3 Å². The molecule has 2 rings (SSSR count). The fourth-order valence-corrected chi connectivity index (χ4v) is 2.70. The lowest BCUT2D eigenvalue weighted by Gasteiger charge is -2.22. The SMILES string of the molecule is COc1cccc2c1CCC2NC(=O)N(C)CC(C)O. The molecule has 1 aromatic carbocycles.